The number of hydrogen-bond acceptors (Lipinski definition) is 34. The van der Waals surface area contributed by atoms with E-state index in [1.165, 1.54) is 36.4 Å². The van der Waals surface area contributed by atoms with Gasteiger partial charge in [0.2, 0.25) is 0 Å². The summed E-state index contributed by atoms with van der Waals surface area (Å²) in [5, 5.41) is 103. The predicted octanol–water partition coefficient (Wildman–Crippen LogP) is -1.48. The maximum Gasteiger partial charge on any atom is 1.00 e. The topological polar surface area (TPSA) is 554 Å². The summed E-state index contributed by atoms with van der Waals surface area (Å²) >= 11 is 0. The van der Waals surface area contributed by atoms with Crippen LogP contribution in [0.3, 0.4) is 0 Å². The van der Waals surface area contributed by atoms with Crippen LogP contribution in [0.25, 0.3) is 0 Å². The second kappa shape index (κ2) is 75.2. The van der Waals surface area contributed by atoms with E-state index in [0.29, 0.717) is 71.6 Å². The van der Waals surface area contributed by atoms with E-state index in [4.69, 9.17) is 28.4 Å². The summed E-state index contributed by atoms with van der Waals surface area (Å²) in [6.07, 6.45) is -0.988. The SMILES string of the molecule is CCCCOCC(O)CN(CCS(=O)(=O)[O-])CC(O)COCCCC.CCCCOCC(O)CN(CCS(=O)(=O)[O-])CC(O)COCCCC.O=S(=O)(O)c1cccc(N(CC(O)COc2ccccc2)CC(O)COc2ccccc2)c1.O=S(=O)(O)c1cccc(N(CC(O)c2ccccc2)CC(O)c2ccccc2)c1.O=S(=O)([O-])CCN(CC(O)c1ccccc1)CC(O)c1ccccc1.[K+].[Na+].[Na+]. The molecule has 8 aromatic rings. The molecule has 0 aliphatic heterocycles. The van der Waals surface area contributed by atoms with Crippen molar-refractivity contribution in [2.24, 2.45) is 0 Å². The molecule has 10 atom stereocenters. The minimum Gasteiger partial charge on any atom is -0.748 e. The van der Waals surface area contributed by atoms with Crippen molar-refractivity contribution >= 4 is 62.0 Å². The normalized spacial score (nSPS) is 13.8. The second-order valence-electron chi connectivity index (χ2n) is 32.4. The number of rotatable bonds is 63. The molecule has 8 rings (SSSR count). The third-order valence-electron chi connectivity index (χ3n) is 20.2. The summed E-state index contributed by atoms with van der Waals surface area (Å²) in [4.78, 5) is 7.48. The van der Waals surface area contributed by atoms with Crippen LogP contribution in [0, 0.1) is 0 Å². The largest absolute Gasteiger partial charge is 1.00 e. The average molecular weight is 2110 g/mol. The van der Waals surface area contributed by atoms with Crippen molar-refractivity contribution in [3.05, 3.63) is 253 Å². The monoisotopic (exact) mass is 2100 g/mol. The molecule has 0 heterocycles. The summed E-state index contributed by atoms with van der Waals surface area (Å²) in [6.45, 7) is 11.8. The van der Waals surface area contributed by atoms with E-state index in [-0.39, 0.29) is 245 Å². The number of anilines is 2. The van der Waals surface area contributed by atoms with Crippen molar-refractivity contribution in [2.45, 2.75) is 150 Å². The van der Waals surface area contributed by atoms with Gasteiger partial charge in [-0.3, -0.25) is 23.8 Å². The van der Waals surface area contributed by atoms with Gasteiger partial charge in [-0.05, 0) is 109 Å². The Morgan fingerprint density at radius 3 is 0.743 bits per heavy atom. The summed E-state index contributed by atoms with van der Waals surface area (Å²) in [6, 6.07) is 65.6. The molecule has 0 saturated carbocycles. The van der Waals surface area contributed by atoms with E-state index in [1.54, 1.807) is 134 Å². The van der Waals surface area contributed by atoms with Crippen LogP contribution in [-0.4, -0.2) is 336 Å². The average Bonchev–Trinajstić information content (AvgIpc) is 0.836. The molecule has 44 heteroatoms. The van der Waals surface area contributed by atoms with Gasteiger partial charge < -0.3 is 103 Å². The van der Waals surface area contributed by atoms with E-state index in [1.807, 2.05) is 113 Å². The number of unbranched alkanes of at least 4 members (excludes halogenated alkanes) is 4. The minimum absolute atomic E-state index is 0. The van der Waals surface area contributed by atoms with E-state index in [2.05, 4.69) is 0 Å². The third-order valence-corrected chi connectivity index (χ3v) is 24.0. The number of ether oxygens (including phenoxy) is 6. The summed E-state index contributed by atoms with van der Waals surface area (Å²) in [5.41, 5.74) is 3.65. The van der Waals surface area contributed by atoms with Gasteiger partial charge in [-0.15, -0.1) is 0 Å². The van der Waals surface area contributed by atoms with Crippen LogP contribution in [0.1, 0.15) is 126 Å². The maximum atomic E-state index is 11.6. The van der Waals surface area contributed by atoms with Crippen LogP contribution < -0.4 is 130 Å². The zero-order valence-electron chi connectivity index (χ0n) is 81.2. The van der Waals surface area contributed by atoms with E-state index in [9.17, 15) is 116 Å². The number of aliphatic hydroxyl groups is 10. The molecule has 0 fully saturated rings. The first-order valence-corrected chi connectivity index (χ1v) is 53.0. The Kier molecular flexibility index (Phi) is 71.7. The number of aliphatic hydroxyl groups excluding tert-OH is 10. The number of para-hydroxylation sites is 2. The van der Waals surface area contributed by atoms with Crippen molar-refractivity contribution in [3.8, 4) is 11.5 Å². The first kappa shape index (κ1) is 133. The number of hydrogen-bond donors (Lipinski definition) is 12. The first-order valence-electron chi connectivity index (χ1n) is 45.4. The molecule has 768 valence electrons. The molecule has 0 saturated heterocycles. The molecular weight excluding hydrogens is 1960 g/mol. The summed E-state index contributed by atoms with van der Waals surface area (Å²) < 4.78 is 195. The number of nitrogens with zero attached hydrogens (tertiary/aromatic N) is 5. The van der Waals surface area contributed by atoms with Crippen LogP contribution in [0.2, 0.25) is 0 Å². The Morgan fingerprint density at radius 1 is 0.286 bits per heavy atom. The fourth-order valence-electron chi connectivity index (χ4n) is 13.1. The molecular formula is C96H140KN5Na2O31S5. The van der Waals surface area contributed by atoms with Crippen LogP contribution in [0.15, 0.2) is 240 Å². The predicted molar refractivity (Wildman–Crippen MR) is 518 cm³/mol. The molecule has 8 aromatic carbocycles. The van der Waals surface area contributed by atoms with Gasteiger partial charge in [0.25, 0.3) is 20.2 Å². The van der Waals surface area contributed by atoms with Gasteiger partial charge in [0.1, 0.15) is 36.9 Å². The quantitative estimate of drug-likeness (QED) is 0.0117. The molecule has 12 N–H and O–H groups in total. The Hall–Kier alpha value is -4.53. The van der Waals surface area contributed by atoms with Crippen molar-refractivity contribution in [2.75, 3.05) is 178 Å². The molecule has 10 unspecified atom stereocenters. The third kappa shape index (κ3) is 63.9. The van der Waals surface area contributed by atoms with Crippen molar-refractivity contribution in [1.82, 2.24) is 14.7 Å². The van der Waals surface area contributed by atoms with Gasteiger partial charge in [-0.1, -0.05) is 223 Å². The molecule has 140 heavy (non-hydrogen) atoms. The Bertz CT molecular complexity index is 4840. The molecule has 0 aromatic heterocycles. The Morgan fingerprint density at radius 2 is 0.507 bits per heavy atom. The molecule has 0 aliphatic rings. The van der Waals surface area contributed by atoms with E-state index in [0.717, 1.165) is 51.4 Å². The van der Waals surface area contributed by atoms with E-state index >= 15 is 0 Å². The van der Waals surface area contributed by atoms with Gasteiger partial charge in [-0.2, -0.15) is 16.8 Å². The van der Waals surface area contributed by atoms with Crippen molar-refractivity contribution in [3.63, 3.8) is 0 Å². The fraction of sp³-hybridized carbons (Fsp3) is 0.500. The van der Waals surface area contributed by atoms with Crippen LogP contribution in [-0.2, 0) is 69.5 Å². The van der Waals surface area contributed by atoms with Gasteiger partial charge in [-0.25, -0.2) is 25.3 Å². The van der Waals surface area contributed by atoms with Gasteiger partial charge in [0, 0.05) is 123 Å². The molecule has 0 spiro atoms. The fourth-order valence-corrected chi connectivity index (χ4v) is 15.6. The summed E-state index contributed by atoms with van der Waals surface area (Å²) in [7, 11) is -21.9. The van der Waals surface area contributed by atoms with Gasteiger partial charge in [0.05, 0.1) is 133 Å². The standard InChI is InChI=1S/C24H27NO7S.C22H23NO5S.C18H23NO5S.2C16H35NO7S.K.2Na/c26-20(17-31-22-9-3-1-4-10-22)15-25(19-8-7-13-24(14-19)33(28,29)30)16-21(27)18-32-23-11-5-2-6-12-23;24-21(17-8-3-1-4-9-17)15-23(16-22(25)18-10-5-2-6-11-18)19-12-7-13-20(14-19)29(26,27)28;20-17(15-7-3-1-4-8-15)13-19(11-12-25(22,23)24)14-18(21)16-9-5-2-6-10-16;2*1-3-5-8-23-13-15(18)11-17(7-10-25(20,21)22)12-16(19)14-24-9-6-4-2;;;/h1-14,20-21,26-27H,15-18H2,(H,28,29,30);1-14,21-22,24-25H,15-16H2,(H,26,27,28);1-10,17-18,20-21H,11-14H2,(H,22,23,24);2*15-16,18-19H,3-14H2,1-2H3,(H,20,21,22);;;/q;;;;;3*+1/p-3. The molecule has 0 amide bonds. The zero-order valence-corrected chi connectivity index (χ0v) is 92.4. The summed E-state index contributed by atoms with van der Waals surface area (Å²) in [5.74, 6) is -0.504. The molecule has 36 nitrogen and oxygen atoms in total. The van der Waals surface area contributed by atoms with E-state index < -0.39 is 129 Å². The van der Waals surface area contributed by atoms with Crippen molar-refractivity contribution < 1.29 is 255 Å². The first-order chi connectivity index (χ1) is 65.1. The van der Waals surface area contributed by atoms with Crippen LogP contribution in [0.4, 0.5) is 11.4 Å². The van der Waals surface area contributed by atoms with Crippen LogP contribution >= 0.6 is 0 Å². The molecule has 0 aliphatic carbocycles. The van der Waals surface area contributed by atoms with Gasteiger partial charge in [0.15, 0.2) is 0 Å². The minimum atomic E-state index is -4.41. The smallest absolute Gasteiger partial charge is 0.748 e. The van der Waals surface area contributed by atoms with Gasteiger partial charge >= 0.3 is 110 Å². The van der Waals surface area contributed by atoms with Crippen LogP contribution in [0.5, 0.6) is 11.5 Å². The molecule has 0 bridgehead atoms. The Balaban J connectivity index is 0.000000875. The second-order valence-corrected chi connectivity index (χ2v) is 39.8. The molecule has 0 radical (unpaired) electrons. The van der Waals surface area contributed by atoms with Crippen molar-refractivity contribution in [1.29, 1.82) is 0 Å². The Labute approximate surface area is 914 Å². The maximum absolute atomic E-state index is 11.6. The zero-order chi connectivity index (χ0) is 101. The number of benzene rings is 8.